The van der Waals surface area contributed by atoms with Gasteiger partial charge in [0.25, 0.3) is 5.91 Å². The Bertz CT molecular complexity index is 1570. The molecule has 1 fully saturated rings. The van der Waals surface area contributed by atoms with Crippen molar-refractivity contribution in [1.29, 1.82) is 0 Å². The lowest BCUT2D eigenvalue weighted by Gasteiger charge is -2.26. The Morgan fingerprint density at radius 1 is 0.917 bits per heavy atom. The predicted molar refractivity (Wildman–Crippen MR) is 143 cm³/mol. The third-order valence-electron chi connectivity index (χ3n) is 6.82. The smallest absolute Gasteiger partial charge is 0.261 e. The summed E-state index contributed by atoms with van der Waals surface area (Å²) in [7, 11) is 0. The fraction of sp³-hybridized carbons (Fsp3) is 0.250. The molecule has 0 atom stereocenters. The molecule has 0 aliphatic carbocycles. The van der Waals surface area contributed by atoms with Gasteiger partial charge in [0.15, 0.2) is 5.65 Å². The van der Waals surface area contributed by atoms with E-state index >= 15 is 0 Å². The van der Waals surface area contributed by atoms with Crippen LogP contribution in [0.2, 0.25) is 0 Å². The van der Waals surface area contributed by atoms with Gasteiger partial charge >= 0.3 is 0 Å². The molecule has 1 saturated heterocycles. The summed E-state index contributed by atoms with van der Waals surface area (Å²) in [5, 5.41) is 5.11. The van der Waals surface area contributed by atoms with Crippen molar-refractivity contribution < 1.29 is 9.53 Å². The maximum absolute atomic E-state index is 13.7. The molecular weight excluding hydrogens is 452 g/mol. The van der Waals surface area contributed by atoms with Crippen molar-refractivity contribution in [3.63, 3.8) is 0 Å². The van der Waals surface area contributed by atoms with Crippen molar-refractivity contribution in [2.75, 3.05) is 43.9 Å². The molecule has 36 heavy (non-hydrogen) atoms. The van der Waals surface area contributed by atoms with Gasteiger partial charge in [-0.2, -0.15) is 0 Å². The minimum atomic E-state index is -0.287. The number of hydrogen-bond acceptors (Lipinski definition) is 6. The Morgan fingerprint density at radius 2 is 1.64 bits per heavy atom. The Hall–Kier alpha value is -4.01. The summed E-state index contributed by atoms with van der Waals surface area (Å²) in [4.78, 5) is 25.8. The summed E-state index contributed by atoms with van der Waals surface area (Å²) in [6.07, 6.45) is 0.882. The number of benzene rings is 3. The zero-order chi connectivity index (χ0) is 24.5. The minimum Gasteiger partial charge on any atom is -0.384 e. The van der Waals surface area contributed by atoms with Gasteiger partial charge in [-0.05, 0) is 30.0 Å². The van der Waals surface area contributed by atoms with E-state index in [0.717, 1.165) is 66.8 Å². The van der Waals surface area contributed by atoms with E-state index < -0.39 is 0 Å². The fourth-order valence-electron chi connectivity index (χ4n) is 4.96. The number of rotatable bonds is 6. The highest BCUT2D eigenvalue weighted by molar-refractivity contribution is 6.17. The predicted octanol–water partition coefficient (Wildman–Crippen LogP) is 4.29. The fourth-order valence-corrected chi connectivity index (χ4v) is 4.96. The first kappa shape index (κ1) is 22.5. The van der Waals surface area contributed by atoms with Crippen LogP contribution in [-0.2, 0) is 11.3 Å². The lowest BCUT2D eigenvalue weighted by atomic mass is 10.1. The summed E-state index contributed by atoms with van der Waals surface area (Å²) in [6, 6.07) is 21.5. The molecule has 0 saturated carbocycles. The van der Waals surface area contributed by atoms with E-state index in [2.05, 4.69) is 10.2 Å². The first-order valence-corrected chi connectivity index (χ1v) is 12.3. The van der Waals surface area contributed by atoms with E-state index in [9.17, 15) is 4.79 Å². The molecular formula is C28H28N6O2. The number of carbonyl (C=O) groups is 1. The van der Waals surface area contributed by atoms with E-state index in [4.69, 9.17) is 20.4 Å². The lowest BCUT2D eigenvalue weighted by Crippen LogP contribution is -2.37. The molecule has 1 aliphatic rings. The Morgan fingerprint density at radius 3 is 2.47 bits per heavy atom. The summed E-state index contributed by atoms with van der Waals surface area (Å²) in [6.45, 7) is 4.99. The lowest BCUT2D eigenvalue weighted by molar-refractivity contribution is 0.0370. The zero-order valence-corrected chi connectivity index (χ0v) is 20.0. The van der Waals surface area contributed by atoms with Gasteiger partial charge in [0, 0.05) is 37.3 Å². The molecule has 182 valence electrons. The number of aromatic nitrogens is 3. The second-order valence-corrected chi connectivity index (χ2v) is 9.08. The number of nitrogens with zero attached hydrogens (tertiary/aromatic N) is 4. The molecule has 5 aromatic rings. The normalized spacial score (nSPS) is 14.6. The van der Waals surface area contributed by atoms with E-state index in [1.165, 1.54) is 0 Å². The van der Waals surface area contributed by atoms with E-state index in [1.807, 2.05) is 71.3 Å². The molecule has 3 heterocycles. The number of hydrogen-bond donors (Lipinski definition) is 2. The largest absolute Gasteiger partial charge is 0.384 e. The van der Waals surface area contributed by atoms with Crippen LogP contribution in [0.25, 0.3) is 33.0 Å². The van der Waals surface area contributed by atoms with Gasteiger partial charge in [-0.3, -0.25) is 9.69 Å². The molecule has 0 bridgehead atoms. The highest BCUT2D eigenvalue weighted by Gasteiger charge is 2.24. The van der Waals surface area contributed by atoms with E-state index in [0.29, 0.717) is 29.1 Å². The number of amides is 1. The number of anilines is 2. The molecule has 3 N–H and O–H groups in total. The van der Waals surface area contributed by atoms with Crippen molar-refractivity contribution in [3.05, 3.63) is 72.3 Å². The van der Waals surface area contributed by atoms with E-state index in [-0.39, 0.29) is 5.91 Å². The number of nitrogens with one attached hydrogen (secondary N) is 1. The molecule has 1 amide bonds. The summed E-state index contributed by atoms with van der Waals surface area (Å²) in [5.74, 6) is 0.102. The van der Waals surface area contributed by atoms with Crippen molar-refractivity contribution in [1.82, 2.24) is 19.4 Å². The number of aryl methyl sites for hydroxylation is 1. The third-order valence-corrected chi connectivity index (χ3v) is 6.82. The van der Waals surface area contributed by atoms with Crippen LogP contribution in [-0.4, -0.2) is 58.2 Å². The van der Waals surface area contributed by atoms with Crippen molar-refractivity contribution in [2.24, 2.45) is 0 Å². The van der Waals surface area contributed by atoms with Crippen LogP contribution in [0.1, 0.15) is 16.8 Å². The van der Waals surface area contributed by atoms with Gasteiger partial charge in [0.2, 0.25) is 0 Å². The SMILES string of the molecule is Nc1c(C(=O)Nc2cccc3ccccc23)c2nc3ccccc3nc2n1CCCN1CCOCC1. The Kier molecular flexibility index (Phi) is 5.96. The first-order chi connectivity index (χ1) is 17.7. The standard InChI is InChI=1S/C28H28N6O2/c29-26-24(28(35)32-21-12-5-8-19-7-1-2-9-20(19)21)25-27(31-23-11-4-3-10-22(23)30-25)34(26)14-6-13-33-15-17-36-18-16-33/h1-5,7-12H,6,13-18,29H2,(H,32,35). The molecule has 2 aromatic heterocycles. The van der Waals surface area contributed by atoms with Crippen LogP contribution in [0.4, 0.5) is 11.5 Å². The molecule has 0 radical (unpaired) electrons. The summed E-state index contributed by atoms with van der Waals surface area (Å²) >= 11 is 0. The molecule has 1 aliphatic heterocycles. The van der Waals surface area contributed by atoms with Crippen LogP contribution in [0.15, 0.2) is 66.7 Å². The topological polar surface area (TPSA) is 98.3 Å². The van der Waals surface area contributed by atoms with Gasteiger partial charge in [0.05, 0.1) is 24.2 Å². The number of nitrogens with two attached hydrogens (primary N) is 1. The van der Waals surface area contributed by atoms with Gasteiger partial charge in [-0.1, -0.05) is 48.5 Å². The quantitative estimate of drug-likeness (QED) is 0.376. The third kappa shape index (κ3) is 4.14. The average molecular weight is 481 g/mol. The molecule has 6 rings (SSSR count). The summed E-state index contributed by atoms with van der Waals surface area (Å²) in [5.41, 5.74) is 10.4. The molecule has 0 unspecified atom stereocenters. The second kappa shape index (κ2) is 9.56. The van der Waals surface area contributed by atoms with Crippen LogP contribution < -0.4 is 11.1 Å². The summed E-state index contributed by atoms with van der Waals surface area (Å²) < 4.78 is 7.40. The average Bonchev–Trinajstić information content (AvgIpc) is 3.18. The number of fused-ring (bicyclic) bond motifs is 3. The maximum Gasteiger partial charge on any atom is 0.261 e. The number of carbonyl (C=O) groups excluding carboxylic acids is 1. The first-order valence-electron chi connectivity index (χ1n) is 12.3. The monoisotopic (exact) mass is 480 g/mol. The van der Waals surface area contributed by atoms with Crippen LogP contribution in [0, 0.1) is 0 Å². The highest BCUT2D eigenvalue weighted by Crippen LogP contribution is 2.30. The van der Waals surface area contributed by atoms with Crippen molar-refractivity contribution in [2.45, 2.75) is 13.0 Å². The molecule has 0 spiro atoms. The number of para-hydroxylation sites is 2. The van der Waals surface area contributed by atoms with Gasteiger partial charge < -0.3 is 20.4 Å². The number of nitrogen functional groups attached to an aromatic ring is 1. The van der Waals surface area contributed by atoms with E-state index in [1.54, 1.807) is 0 Å². The minimum absolute atomic E-state index is 0.287. The van der Waals surface area contributed by atoms with Gasteiger partial charge in [0.1, 0.15) is 16.9 Å². The Labute approximate surface area is 208 Å². The van der Waals surface area contributed by atoms with Crippen molar-refractivity contribution in [3.8, 4) is 0 Å². The Balaban J connectivity index is 1.38. The maximum atomic E-state index is 13.7. The molecule has 8 heteroatoms. The molecule has 8 nitrogen and oxygen atoms in total. The number of morpholine rings is 1. The van der Waals surface area contributed by atoms with Gasteiger partial charge in [-0.25, -0.2) is 9.97 Å². The molecule has 3 aromatic carbocycles. The number of ether oxygens (including phenoxy) is 1. The van der Waals surface area contributed by atoms with Gasteiger partial charge in [-0.15, -0.1) is 0 Å². The van der Waals surface area contributed by atoms with Crippen LogP contribution in [0.3, 0.4) is 0 Å². The van der Waals surface area contributed by atoms with Crippen LogP contribution in [0.5, 0.6) is 0 Å². The van der Waals surface area contributed by atoms with Crippen LogP contribution >= 0.6 is 0 Å². The zero-order valence-electron chi connectivity index (χ0n) is 20.0. The van der Waals surface area contributed by atoms with Crippen molar-refractivity contribution >= 4 is 50.4 Å². The second-order valence-electron chi connectivity index (χ2n) is 9.08. The highest BCUT2D eigenvalue weighted by atomic mass is 16.5.